The minimum absolute atomic E-state index is 0.619. The fourth-order valence-electron chi connectivity index (χ4n) is 2.12. The summed E-state index contributed by atoms with van der Waals surface area (Å²) in [6.45, 7) is 8.94. The van der Waals surface area contributed by atoms with E-state index < -0.39 is 0 Å². The van der Waals surface area contributed by atoms with Crippen molar-refractivity contribution in [3.63, 3.8) is 0 Å². The van der Waals surface area contributed by atoms with Crippen molar-refractivity contribution in [2.75, 3.05) is 0 Å². The summed E-state index contributed by atoms with van der Waals surface area (Å²) in [5.41, 5.74) is 1.63. The Labute approximate surface area is 76.2 Å². The molecule has 1 aliphatic carbocycles. The summed E-state index contributed by atoms with van der Waals surface area (Å²) in [6.07, 6.45) is 4.90. The van der Waals surface area contributed by atoms with E-state index in [0.29, 0.717) is 6.04 Å². The summed E-state index contributed by atoms with van der Waals surface area (Å²) in [7, 11) is 0. The largest absolute Gasteiger partial charge is 0.311 e. The lowest BCUT2D eigenvalue weighted by molar-refractivity contribution is 0.414. The molecule has 70 valence electrons. The summed E-state index contributed by atoms with van der Waals surface area (Å²) in [4.78, 5) is 0. The highest BCUT2D eigenvalue weighted by molar-refractivity contribution is 5.13. The van der Waals surface area contributed by atoms with Crippen LogP contribution in [0.5, 0.6) is 0 Å². The Kier molecular flexibility index (Phi) is 3.33. The molecular weight excluding hydrogens is 146 g/mol. The van der Waals surface area contributed by atoms with Gasteiger partial charge in [-0.2, -0.15) is 0 Å². The van der Waals surface area contributed by atoms with Crippen molar-refractivity contribution in [3.8, 4) is 0 Å². The molecule has 1 nitrogen and oxygen atoms in total. The van der Waals surface area contributed by atoms with Gasteiger partial charge in [0.25, 0.3) is 0 Å². The second-order valence-electron chi connectivity index (χ2n) is 4.12. The third-order valence-electron chi connectivity index (χ3n) is 2.85. The van der Waals surface area contributed by atoms with Crippen LogP contribution in [0.1, 0.15) is 40.5 Å². The molecule has 0 spiro atoms. The van der Waals surface area contributed by atoms with E-state index in [4.69, 9.17) is 0 Å². The predicted molar refractivity (Wildman–Crippen MR) is 54.2 cm³/mol. The minimum Gasteiger partial charge on any atom is -0.311 e. The quantitative estimate of drug-likeness (QED) is 0.624. The zero-order chi connectivity index (χ0) is 9.14. The lowest BCUT2D eigenvalue weighted by atomic mass is 10.0. The van der Waals surface area contributed by atoms with E-state index in [1.807, 2.05) is 0 Å². The highest BCUT2D eigenvalue weighted by Gasteiger charge is 2.26. The van der Waals surface area contributed by atoms with E-state index in [-0.39, 0.29) is 0 Å². The molecule has 0 saturated heterocycles. The summed E-state index contributed by atoms with van der Waals surface area (Å²) in [6, 6.07) is 1.34. The summed E-state index contributed by atoms with van der Waals surface area (Å²) in [5.74, 6) is 0.748. The van der Waals surface area contributed by atoms with Crippen molar-refractivity contribution in [1.29, 1.82) is 0 Å². The smallest absolute Gasteiger partial charge is 0.0135 e. The topological polar surface area (TPSA) is 12.0 Å². The standard InChI is InChI=1S/C11H21N/c1-5-10-6-7-11(9(10)4)12-8(2)3/h5,8-9,11-12H,6-7H2,1-4H3/b10-5+. The molecule has 0 bridgehead atoms. The third-order valence-corrected chi connectivity index (χ3v) is 2.85. The van der Waals surface area contributed by atoms with Crippen LogP contribution in [0.25, 0.3) is 0 Å². The van der Waals surface area contributed by atoms with Gasteiger partial charge in [-0.15, -0.1) is 0 Å². The lowest BCUT2D eigenvalue weighted by Gasteiger charge is -2.20. The van der Waals surface area contributed by atoms with Gasteiger partial charge in [-0.05, 0) is 25.7 Å². The molecular formula is C11H21N. The van der Waals surface area contributed by atoms with Crippen molar-refractivity contribution in [3.05, 3.63) is 11.6 Å². The number of hydrogen-bond donors (Lipinski definition) is 1. The molecule has 1 heteroatoms. The lowest BCUT2D eigenvalue weighted by Crippen LogP contribution is -2.36. The van der Waals surface area contributed by atoms with Crippen LogP contribution in [0.3, 0.4) is 0 Å². The van der Waals surface area contributed by atoms with Crippen molar-refractivity contribution >= 4 is 0 Å². The van der Waals surface area contributed by atoms with Gasteiger partial charge in [-0.3, -0.25) is 0 Å². The van der Waals surface area contributed by atoms with Gasteiger partial charge < -0.3 is 5.32 Å². The van der Waals surface area contributed by atoms with Crippen LogP contribution < -0.4 is 5.32 Å². The van der Waals surface area contributed by atoms with E-state index in [0.717, 1.165) is 12.0 Å². The molecule has 0 aromatic rings. The number of hydrogen-bond acceptors (Lipinski definition) is 1. The molecule has 1 fully saturated rings. The fourth-order valence-corrected chi connectivity index (χ4v) is 2.12. The first-order chi connectivity index (χ1) is 5.65. The van der Waals surface area contributed by atoms with Crippen molar-refractivity contribution in [2.24, 2.45) is 5.92 Å². The van der Waals surface area contributed by atoms with Crippen molar-refractivity contribution in [2.45, 2.75) is 52.6 Å². The van der Waals surface area contributed by atoms with E-state index in [9.17, 15) is 0 Å². The minimum atomic E-state index is 0.619. The predicted octanol–water partition coefficient (Wildman–Crippen LogP) is 2.73. The molecule has 1 saturated carbocycles. The molecule has 0 radical (unpaired) electrons. The Hall–Kier alpha value is -0.300. The van der Waals surface area contributed by atoms with Crippen LogP contribution in [0.4, 0.5) is 0 Å². The molecule has 0 aromatic carbocycles. The maximum atomic E-state index is 3.61. The molecule has 1 aliphatic rings. The Morgan fingerprint density at radius 3 is 2.58 bits per heavy atom. The Balaban J connectivity index is 2.49. The fraction of sp³-hybridized carbons (Fsp3) is 0.818. The van der Waals surface area contributed by atoms with E-state index in [1.54, 1.807) is 5.57 Å². The Bertz CT molecular complexity index is 170. The second-order valence-corrected chi connectivity index (χ2v) is 4.12. The van der Waals surface area contributed by atoms with Crippen molar-refractivity contribution < 1.29 is 0 Å². The van der Waals surface area contributed by atoms with Gasteiger partial charge in [0, 0.05) is 12.1 Å². The molecule has 2 atom stereocenters. The van der Waals surface area contributed by atoms with Gasteiger partial charge in [-0.1, -0.05) is 32.4 Å². The van der Waals surface area contributed by atoms with Crippen LogP contribution in [0.15, 0.2) is 11.6 Å². The van der Waals surface area contributed by atoms with Gasteiger partial charge in [-0.25, -0.2) is 0 Å². The maximum absolute atomic E-state index is 3.61. The maximum Gasteiger partial charge on any atom is 0.0135 e. The number of allylic oxidation sites excluding steroid dienone is 1. The van der Waals surface area contributed by atoms with Crippen LogP contribution in [0, 0.1) is 5.92 Å². The second kappa shape index (κ2) is 4.08. The summed E-state index contributed by atoms with van der Waals surface area (Å²) < 4.78 is 0. The number of nitrogens with one attached hydrogen (secondary N) is 1. The van der Waals surface area contributed by atoms with Gasteiger partial charge in [0.15, 0.2) is 0 Å². The van der Waals surface area contributed by atoms with Gasteiger partial charge in [0.2, 0.25) is 0 Å². The van der Waals surface area contributed by atoms with E-state index in [2.05, 4.69) is 39.1 Å². The van der Waals surface area contributed by atoms with E-state index in [1.165, 1.54) is 12.8 Å². The van der Waals surface area contributed by atoms with Gasteiger partial charge in [0.05, 0.1) is 0 Å². The molecule has 0 aliphatic heterocycles. The first kappa shape index (κ1) is 9.79. The van der Waals surface area contributed by atoms with Crippen LogP contribution >= 0.6 is 0 Å². The SMILES string of the molecule is C/C=C1\CCC(NC(C)C)C1C. The molecule has 1 rings (SSSR count). The highest BCUT2D eigenvalue weighted by atomic mass is 14.9. The zero-order valence-corrected chi connectivity index (χ0v) is 8.72. The summed E-state index contributed by atoms with van der Waals surface area (Å²) in [5, 5.41) is 3.61. The molecule has 0 amide bonds. The third kappa shape index (κ3) is 2.10. The molecule has 0 aromatic heterocycles. The van der Waals surface area contributed by atoms with Crippen molar-refractivity contribution in [1.82, 2.24) is 5.32 Å². The normalized spacial score (nSPS) is 33.6. The highest BCUT2D eigenvalue weighted by Crippen LogP contribution is 2.30. The average Bonchev–Trinajstić information content (AvgIpc) is 2.32. The van der Waals surface area contributed by atoms with Gasteiger partial charge in [0.1, 0.15) is 0 Å². The number of rotatable bonds is 2. The molecule has 12 heavy (non-hydrogen) atoms. The Morgan fingerprint density at radius 2 is 2.17 bits per heavy atom. The van der Waals surface area contributed by atoms with Crippen LogP contribution in [-0.2, 0) is 0 Å². The zero-order valence-electron chi connectivity index (χ0n) is 8.72. The first-order valence-corrected chi connectivity index (χ1v) is 5.06. The first-order valence-electron chi connectivity index (χ1n) is 5.06. The summed E-state index contributed by atoms with van der Waals surface area (Å²) >= 11 is 0. The molecule has 0 heterocycles. The van der Waals surface area contributed by atoms with Crippen LogP contribution in [0.2, 0.25) is 0 Å². The molecule has 2 unspecified atom stereocenters. The average molecular weight is 167 g/mol. The van der Waals surface area contributed by atoms with E-state index >= 15 is 0 Å². The Morgan fingerprint density at radius 1 is 1.50 bits per heavy atom. The van der Waals surface area contributed by atoms with Crippen LogP contribution in [-0.4, -0.2) is 12.1 Å². The molecule has 1 N–H and O–H groups in total. The monoisotopic (exact) mass is 167 g/mol. The van der Waals surface area contributed by atoms with Gasteiger partial charge >= 0.3 is 0 Å².